The van der Waals surface area contributed by atoms with Crippen LogP contribution in [0, 0.1) is 0 Å². The Balaban J connectivity index is 4.29. The summed E-state index contributed by atoms with van der Waals surface area (Å²) >= 11 is 0. The van der Waals surface area contributed by atoms with Crippen molar-refractivity contribution in [2.24, 2.45) is 0 Å². The van der Waals surface area contributed by atoms with E-state index in [1.165, 1.54) is 135 Å². The second-order valence-corrected chi connectivity index (χ2v) is 22.7. The average molecular weight is 1150 g/mol. The van der Waals surface area contributed by atoms with Crippen LogP contribution in [0.1, 0.15) is 316 Å². The van der Waals surface area contributed by atoms with Gasteiger partial charge in [-0.15, -0.1) is 0 Å². The quantitative estimate of drug-likeness (QED) is 0.0261. The maximum Gasteiger partial charge on any atom is 0.306 e. The zero-order chi connectivity index (χ0) is 59.9. The molecule has 0 aromatic heterocycles. The Labute approximate surface area is 513 Å². The van der Waals surface area contributed by atoms with Crippen molar-refractivity contribution in [2.75, 3.05) is 13.2 Å². The molecule has 0 aliphatic carbocycles. The molecule has 0 aromatic carbocycles. The van der Waals surface area contributed by atoms with Crippen molar-refractivity contribution in [3.8, 4) is 0 Å². The summed E-state index contributed by atoms with van der Waals surface area (Å²) < 4.78 is 16.9. The Bertz CT molecular complexity index is 1750. The molecule has 0 aliphatic heterocycles. The lowest BCUT2D eigenvalue weighted by molar-refractivity contribution is -0.167. The van der Waals surface area contributed by atoms with Gasteiger partial charge >= 0.3 is 17.9 Å². The van der Waals surface area contributed by atoms with Gasteiger partial charge in [-0.1, -0.05) is 296 Å². The Morgan fingerprint density at radius 2 is 0.470 bits per heavy atom. The van der Waals surface area contributed by atoms with E-state index in [1.807, 2.05) is 0 Å². The van der Waals surface area contributed by atoms with E-state index in [4.69, 9.17) is 14.2 Å². The molecule has 6 heteroatoms. The summed E-state index contributed by atoms with van der Waals surface area (Å²) in [6, 6.07) is 0. The molecule has 1 unspecified atom stereocenters. The third-order valence-electron chi connectivity index (χ3n) is 14.6. The molecule has 0 radical (unpaired) electrons. The molecule has 0 heterocycles. The summed E-state index contributed by atoms with van der Waals surface area (Å²) in [4.78, 5) is 38.4. The maximum atomic E-state index is 12.9. The van der Waals surface area contributed by atoms with Crippen LogP contribution in [0.15, 0.2) is 134 Å². The minimum absolute atomic E-state index is 0.0884. The van der Waals surface area contributed by atoms with E-state index in [-0.39, 0.29) is 31.1 Å². The largest absolute Gasteiger partial charge is 0.462 e. The van der Waals surface area contributed by atoms with Crippen LogP contribution in [0.4, 0.5) is 0 Å². The van der Waals surface area contributed by atoms with Crippen LogP contribution in [0.25, 0.3) is 0 Å². The Morgan fingerprint density at radius 3 is 0.747 bits per heavy atom. The molecule has 0 saturated carbocycles. The highest BCUT2D eigenvalue weighted by molar-refractivity contribution is 5.71. The van der Waals surface area contributed by atoms with Crippen LogP contribution >= 0.6 is 0 Å². The predicted octanol–water partition coefficient (Wildman–Crippen LogP) is 24.1. The highest BCUT2D eigenvalue weighted by atomic mass is 16.6. The molecule has 1 atom stereocenters. The number of carbonyl (C=O) groups is 3. The molecule has 6 nitrogen and oxygen atoms in total. The molecule has 0 saturated heterocycles. The first-order valence-electron chi connectivity index (χ1n) is 34.7. The van der Waals surface area contributed by atoms with Gasteiger partial charge in [-0.2, -0.15) is 0 Å². The molecule has 0 aliphatic rings. The van der Waals surface area contributed by atoms with Crippen LogP contribution in [0.3, 0.4) is 0 Å². The lowest BCUT2D eigenvalue weighted by atomic mass is 10.0. The lowest BCUT2D eigenvalue weighted by Crippen LogP contribution is -2.30. The molecule has 83 heavy (non-hydrogen) atoms. The Kier molecular flexibility index (Phi) is 66.3. The minimum atomic E-state index is -0.793. The summed E-state index contributed by atoms with van der Waals surface area (Å²) in [5.74, 6) is -0.905. The minimum Gasteiger partial charge on any atom is -0.462 e. The molecule has 0 spiro atoms. The lowest BCUT2D eigenvalue weighted by Gasteiger charge is -2.18. The van der Waals surface area contributed by atoms with Gasteiger partial charge in [0.2, 0.25) is 0 Å². The van der Waals surface area contributed by atoms with Gasteiger partial charge in [-0.05, 0) is 135 Å². The number of hydrogen-bond donors (Lipinski definition) is 0. The van der Waals surface area contributed by atoms with E-state index >= 15 is 0 Å². The fourth-order valence-electron chi connectivity index (χ4n) is 9.49. The van der Waals surface area contributed by atoms with E-state index in [0.29, 0.717) is 19.3 Å². The van der Waals surface area contributed by atoms with Gasteiger partial charge in [-0.25, -0.2) is 0 Å². The smallest absolute Gasteiger partial charge is 0.306 e. The first kappa shape index (κ1) is 78.5. The number of ether oxygens (including phenoxy) is 3. The second-order valence-electron chi connectivity index (χ2n) is 22.7. The van der Waals surface area contributed by atoms with E-state index in [1.54, 1.807) is 0 Å². The van der Waals surface area contributed by atoms with Gasteiger partial charge in [-0.3, -0.25) is 14.4 Å². The summed E-state index contributed by atoms with van der Waals surface area (Å²) in [5.41, 5.74) is 0. The molecule has 472 valence electrons. The zero-order valence-corrected chi connectivity index (χ0v) is 54.2. The van der Waals surface area contributed by atoms with E-state index in [2.05, 4.69) is 154 Å². The fourth-order valence-corrected chi connectivity index (χ4v) is 9.49. The van der Waals surface area contributed by atoms with Crippen molar-refractivity contribution in [1.82, 2.24) is 0 Å². The van der Waals surface area contributed by atoms with Crippen molar-refractivity contribution < 1.29 is 28.6 Å². The van der Waals surface area contributed by atoms with Crippen LogP contribution in [0.5, 0.6) is 0 Å². The SMILES string of the molecule is CC/C=C\C/C=C\C/C=C\C/C=C\C/C=C\C/C=C\C/C=C\CCCCCCCCCCCCCC(=O)OCC(COC(=O)CCCCCCC/C=C\C/C=C\C/C=C\CC)OC(=O)CCCCCCCCC/C=C\CCCCCCCC. The topological polar surface area (TPSA) is 78.9 Å². The van der Waals surface area contributed by atoms with Crippen molar-refractivity contribution >= 4 is 17.9 Å². The number of esters is 3. The first-order valence-corrected chi connectivity index (χ1v) is 34.7. The van der Waals surface area contributed by atoms with Gasteiger partial charge in [0.15, 0.2) is 6.10 Å². The number of carbonyl (C=O) groups excluding carboxylic acids is 3. The third kappa shape index (κ3) is 68.2. The first-order chi connectivity index (χ1) is 41.0. The van der Waals surface area contributed by atoms with Crippen molar-refractivity contribution in [1.29, 1.82) is 0 Å². The number of unbranched alkanes of at least 4 members (excludes halogenated alkanes) is 29. The standard InChI is InChI=1S/C77H128O6/c1-4-7-10-13-16-19-22-25-28-30-31-32-33-34-35-36-37-38-39-40-41-42-43-44-45-47-49-52-55-58-61-64-67-70-76(79)82-73-74(72-81-75(78)69-66-63-60-57-54-51-48-27-24-21-18-15-12-9-6-3)83-77(80)71-68-65-62-59-56-53-50-46-29-26-23-20-17-14-11-8-5-2/h7,9-10,12,16,18-19,21,25-29,31-32,34-35,37-38,40-41,48,74H,4-6,8,11,13-15,17,20,22-24,30,33,36,39,42-47,49-73H2,1-3H3/b10-7-,12-9-,19-16-,21-18-,28-25-,29-26-,32-31-,35-34-,38-37-,41-40-,48-27-. The molecule has 0 fully saturated rings. The second kappa shape index (κ2) is 70.0. The van der Waals surface area contributed by atoms with Crippen LogP contribution in [-0.4, -0.2) is 37.2 Å². The zero-order valence-electron chi connectivity index (χ0n) is 54.2. The molecule has 0 amide bonds. The number of allylic oxidation sites excluding steroid dienone is 22. The molecule has 0 N–H and O–H groups in total. The van der Waals surface area contributed by atoms with E-state index in [0.717, 1.165) is 141 Å². The maximum absolute atomic E-state index is 12.9. The monoisotopic (exact) mass is 1150 g/mol. The van der Waals surface area contributed by atoms with E-state index < -0.39 is 6.10 Å². The van der Waals surface area contributed by atoms with E-state index in [9.17, 15) is 14.4 Å². The molecular weight excluding hydrogens is 1020 g/mol. The molecule has 0 rings (SSSR count). The average Bonchev–Trinajstić information content (AvgIpc) is 3.49. The fraction of sp³-hybridized carbons (Fsp3) is 0.675. The summed E-state index contributed by atoms with van der Waals surface area (Å²) in [7, 11) is 0. The van der Waals surface area contributed by atoms with Gasteiger partial charge < -0.3 is 14.2 Å². The van der Waals surface area contributed by atoms with Crippen molar-refractivity contribution in [3.63, 3.8) is 0 Å². The Hall–Kier alpha value is -4.45. The van der Waals surface area contributed by atoms with Crippen molar-refractivity contribution in [2.45, 2.75) is 322 Å². The van der Waals surface area contributed by atoms with Gasteiger partial charge in [0.25, 0.3) is 0 Å². The van der Waals surface area contributed by atoms with Crippen LogP contribution in [-0.2, 0) is 28.6 Å². The number of rotatable bonds is 62. The summed E-state index contributed by atoms with van der Waals surface area (Å²) in [6.07, 6.45) is 99.0. The normalized spacial score (nSPS) is 13.0. The Morgan fingerprint density at radius 1 is 0.253 bits per heavy atom. The van der Waals surface area contributed by atoms with Gasteiger partial charge in [0.1, 0.15) is 13.2 Å². The highest BCUT2D eigenvalue weighted by Crippen LogP contribution is 2.16. The molecular formula is C77H128O6. The molecule has 0 bridgehead atoms. The summed E-state index contributed by atoms with van der Waals surface area (Å²) in [6.45, 7) is 6.41. The van der Waals surface area contributed by atoms with Crippen LogP contribution < -0.4 is 0 Å². The predicted molar refractivity (Wildman–Crippen MR) is 362 cm³/mol. The highest BCUT2D eigenvalue weighted by Gasteiger charge is 2.19. The summed E-state index contributed by atoms with van der Waals surface area (Å²) in [5, 5.41) is 0. The number of hydrogen-bond acceptors (Lipinski definition) is 6. The van der Waals surface area contributed by atoms with Crippen molar-refractivity contribution in [3.05, 3.63) is 134 Å². The molecule has 0 aromatic rings. The van der Waals surface area contributed by atoms with Crippen LogP contribution in [0.2, 0.25) is 0 Å². The van der Waals surface area contributed by atoms with Gasteiger partial charge in [0, 0.05) is 19.3 Å². The third-order valence-corrected chi connectivity index (χ3v) is 14.6. The van der Waals surface area contributed by atoms with Gasteiger partial charge in [0.05, 0.1) is 0 Å².